The monoisotopic (exact) mass is 303 g/mol. The molecular formula is C10H10BrNO3S. The maximum atomic E-state index is 11.9. The Morgan fingerprint density at radius 2 is 1.69 bits per heavy atom. The summed E-state index contributed by atoms with van der Waals surface area (Å²) >= 11 is 3.25. The predicted molar refractivity (Wildman–Crippen MR) is 64.6 cm³/mol. The van der Waals surface area contributed by atoms with E-state index in [1.165, 1.54) is 13.8 Å². The van der Waals surface area contributed by atoms with Gasteiger partial charge in [0, 0.05) is 4.47 Å². The number of anilines is 1. The fourth-order valence-corrected chi connectivity index (χ4v) is 3.23. The molecule has 16 heavy (non-hydrogen) atoms. The van der Waals surface area contributed by atoms with E-state index in [9.17, 15) is 13.2 Å². The van der Waals surface area contributed by atoms with E-state index in [1.54, 1.807) is 24.3 Å². The minimum absolute atomic E-state index is 0.382. The molecule has 4 nitrogen and oxygen atoms in total. The van der Waals surface area contributed by atoms with E-state index in [0.717, 1.165) is 8.78 Å². The highest BCUT2D eigenvalue weighted by atomic mass is 79.9. The van der Waals surface area contributed by atoms with Gasteiger partial charge in [-0.25, -0.2) is 12.7 Å². The summed E-state index contributed by atoms with van der Waals surface area (Å²) in [5.41, 5.74) is 0.382. The molecule has 0 bridgehead atoms. The summed E-state index contributed by atoms with van der Waals surface area (Å²) < 4.78 is 24.1. The Labute approximate surface area is 102 Å². The summed E-state index contributed by atoms with van der Waals surface area (Å²) in [5, 5.41) is 0. The third-order valence-electron chi connectivity index (χ3n) is 2.65. The summed E-state index contributed by atoms with van der Waals surface area (Å²) in [6.07, 6.45) is 0. The van der Waals surface area contributed by atoms with Gasteiger partial charge >= 0.3 is 0 Å². The van der Waals surface area contributed by atoms with Crippen molar-refractivity contribution in [2.45, 2.75) is 18.6 Å². The quantitative estimate of drug-likeness (QED) is 0.796. The lowest BCUT2D eigenvalue weighted by Crippen LogP contribution is -2.67. The van der Waals surface area contributed by atoms with Crippen molar-refractivity contribution >= 4 is 37.5 Å². The molecule has 0 unspecified atom stereocenters. The van der Waals surface area contributed by atoms with Crippen molar-refractivity contribution in [1.82, 2.24) is 0 Å². The highest BCUT2D eigenvalue weighted by molar-refractivity contribution is 9.10. The fourth-order valence-electron chi connectivity index (χ4n) is 1.49. The van der Waals surface area contributed by atoms with Gasteiger partial charge in [-0.05, 0) is 38.1 Å². The van der Waals surface area contributed by atoms with Crippen molar-refractivity contribution in [2.24, 2.45) is 0 Å². The number of hydrogen-bond donors (Lipinski definition) is 0. The van der Waals surface area contributed by atoms with Crippen LogP contribution < -0.4 is 4.31 Å². The van der Waals surface area contributed by atoms with Gasteiger partial charge in [-0.2, -0.15) is 0 Å². The van der Waals surface area contributed by atoms with Gasteiger partial charge in [0.25, 0.3) is 15.9 Å². The third-order valence-corrected chi connectivity index (χ3v) is 5.50. The second-order valence-corrected chi connectivity index (χ2v) is 7.31. The van der Waals surface area contributed by atoms with Crippen molar-refractivity contribution < 1.29 is 13.2 Å². The lowest BCUT2D eigenvalue weighted by molar-refractivity contribution is -0.120. The maximum absolute atomic E-state index is 11.9. The second-order valence-electron chi connectivity index (χ2n) is 4.06. The summed E-state index contributed by atoms with van der Waals surface area (Å²) in [4.78, 5) is 11.7. The van der Waals surface area contributed by atoms with Gasteiger partial charge in [0.1, 0.15) is 0 Å². The van der Waals surface area contributed by atoms with E-state index < -0.39 is 20.7 Å². The molecule has 1 fully saturated rings. The van der Waals surface area contributed by atoms with Gasteiger partial charge < -0.3 is 0 Å². The molecule has 0 saturated carbocycles. The van der Waals surface area contributed by atoms with Gasteiger partial charge in [0.05, 0.1) is 5.69 Å². The first kappa shape index (κ1) is 11.6. The van der Waals surface area contributed by atoms with E-state index in [1.807, 2.05) is 0 Å². The zero-order valence-corrected chi connectivity index (χ0v) is 11.2. The van der Waals surface area contributed by atoms with Crippen molar-refractivity contribution in [3.05, 3.63) is 28.7 Å². The van der Waals surface area contributed by atoms with Gasteiger partial charge in [-0.3, -0.25) is 4.79 Å². The Morgan fingerprint density at radius 1 is 1.19 bits per heavy atom. The summed E-state index contributed by atoms with van der Waals surface area (Å²) in [6, 6.07) is 6.58. The van der Waals surface area contributed by atoms with Gasteiger partial charge in [-0.15, -0.1) is 0 Å². The van der Waals surface area contributed by atoms with Crippen LogP contribution in [-0.2, 0) is 14.8 Å². The Balaban J connectivity index is 2.46. The molecule has 1 aliphatic heterocycles. The third kappa shape index (κ3) is 1.33. The van der Waals surface area contributed by atoms with Crippen LogP contribution in [0, 0.1) is 0 Å². The first-order valence-corrected chi connectivity index (χ1v) is 6.86. The number of nitrogens with zero attached hydrogens (tertiary/aromatic N) is 1. The molecule has 6 heteroatoms. The highest BCUT2D eigenvalue weighted by Gasteiger charge is 2.60. The largest absolute Gasteiger partial charge is 0.272 e. The molecule has 0 atom stereocenters. The van der Waals surface area contributed by atoms with E-state index in [4.69, 9.17) is 0 Å². The molecule has 1 aromatic rings. The molecule has 0 N–H and O–H groups in total. The van der Waals surface area contributed by atoms with Crippen molar-refractivity contribution in [1.29, 1.82) is 0 Å². The summed E-state index contributed by atoms with van der Waals surface area (Å²) in [7, 11) is -3.55. The van der Waals surface area contributed by atoms with Gasteiger partial charge in [-0.1, -0.05) is 15.9 Å². The maximum Gasteiger partial charge on any atom is 0.263 e. The molecule has 1 aliphatic rings. The van der Waals surface area contributed by atoms with Crippen LogP contribution in [0.5, 0.6) is 0 Å². The molecular weight excluding hydrogens is 294 g/mol. The lowest BCUT2D eigenvalue weighted by Gasteiger charge is -2.42. The SMILES string of the molecule is CC1(C)C(=O)N(c2ccc(Br)cc2)S1(=O)=O. The fraction of sp³-hybridized carbons (Fsp3) is 0.300. The predicted octanol–water partition coefficient (Wildman–Crippen LogP) is 1.90. The standard InChI is InChI=1S/C10H10BrNO3S/c1-10(2)9(13)12(16(10,14)15)8-5-3-7(11)4-6-8/h3-6H,1-2H3. The first-order chi connectivity index (χ1) is 7.28. The Morgan fingerprint density at radius 3 is 2.12 bits per heavy atom. The number of benzene rings is 1. The van der Waals surface area contributed by atoms with Crippen LogP contribution in [0.3, 0.4) is 0 Å². The van der Waals surface area contributed by atoms with Crippen molar-refractivity contribution in [3.8, 4) is 0 Å². The molecule has 1 heterocycles. The number of hydrogen-bond acceptors (Lipinski definition) is 3. The molecule has 1 amide bonds. The minimum Gasteiger partial charge on any atom is -0.272 e. The summed E-state index contributed by atoms with van der Waals surface area (Å²) in [5.74, 6) is -0.394. The minimum atomic E-state index is -3.55. The van der Waals surface area contributed by atoms with Crippen LogP contribution in [0.25, 0.3) is 0 Å². The number of amides is 1. The lowest BCUT2D eigenvalue weighted by atomic mass is 10.1. The zero-order chi connectivity index (χ0) is 12.1. The normalized spacial score (nSPS) is 21.7. The number of halogens is 1. The molecule has 0 radical (unpaired) electrons. The van der Waals surface area contributed by atoms with Gasteiger partial charge in [0.2, 0.25) is 0 Å². The zero-order valence-electron chi connectivity index (χ0n) is 8.77. The van der Waals surface area contributed by atoms with Crippen LogP contribution in [-0.4, -0.2) is 19.1 Å². The van der Waals surface area contributed by atoms with Crippen LogP contribution in [0.2, 0.25) is 0 Å². The molecule has 0 aliphatic carbocycles. The van der Waals surface area contributed by atoms with Gasteiger partial charge in [0.15, 0.2) is 4.75 Å². The molecule has 2 rings (SSSR count). The molecule has 86 valence electrons. The molecule has 0 aromatic heterocycles. The Hall–Kier alpha value is -0.880. The van der Waals surface area contributed by atoms with E-state index in [2.05, 4.69) is 15.9 Å². The highest BCUT2D eigenvalue weighted by Crippen LogP contribution is 2.39. The Kier molecular flexibility index (Phi) is 2.40. The van der Waals surface area contributed by atoms with E-state index in [-0.39, 0.29) is 0 Å². The summed E-state index contributed by atoms with van der Waals surface area (Å²) in [6.45, 7) is 2.83. The van der Waals surface area contributed by atoms with Crippen LogP contribution in [0.15, 0.2) is 28.7 Å². The van der Waals surface area contributed by atoms with Crippen LogP contribution in [0.1, 0.15) is 13.8 Å². The van der Waals surface area contributed by atoms with Crippen LogP contribution in [0.4, 0.5) is 5.69 Å². The van der Waals surface area contributed by atoms with Crippen LogP contribution >= 0.6 is 15.9 Å². The smallest absolute Gasteiger partial charge is 0.263 e. The average Bonchev–Trinajstić information content (AvgIpc) is 2.20. The molecule has 0 spiro atoms. The topological polar surface area (TPSA) is 54.5 Å². The number of rotatable bonds is 1. The first-order valence-electron chi connectivity index (χ1n) is 4.63. The van der Waals surface area contributed by atoms with E-state index in [0.29, 0.717) is 5.69 Å². The second kappa shape index (κ2) is 3.30. The molecule has 1 saturated heterocycles. The number of carbonyl (C=O) groups is 1. The molecule has 1 aromatic carbocycles. The van der Waals surface area contributed by atoms with E-state index >= 15 is 0 Å². The number of carbonyl (C=O) groups excluding carboxylic acids is 1. The average molecular weight is 304 g/mol. The van der Waals surface area contributed by atoms with Crippen molar-refractivity contribution in [3.63, 3.8) is 0 Å². The Bertz CT molecular complexity index is 548. The van der Waals surface area contributed by atoms with Crippen molar-refractivity contribution in [2.75, 3.05) is 4.31 Å². The number of sulfonamides is 1.